The molecular weight excluding hydrogens is 330 g/mol. The minimum atomic E-state index is -0.927. The molecule has 1 aromatic carbocycles. The number of esters is 1. The van der Waals surface area contributed by atoms with Crippen molar-refractivity contribution in [2.45, 2.75) is 58.9 Å². The third-order valence-corrected chi connectivity index (χ3v) is 5.76. The van der Waals surface area contributed by atoms with Gasteiger partial charge < -0.3 is 14.8 Å². The Morgan fingerprint density at radius 1 is 1.19 bits per heavy atom. The Bertz CT molecular complexity index is 685. The Balaban J connectivity index is 2.23. The summed E-state index contributed by atoms with van der Waals surface area (Å²) in [5, 5.41) is 3.01. The Hall–Kier alpha value is -2.04. The van der Waals surface area contributed by atoms with Crippen LogP contribution in [0.1, 0.15) is 49.8 Å². The average Bonchev–Trinajstić information content (AvgIpc) is 2.59. The summed E-state index contributed by atoms with van der Waals surface area (Å²) in [7, 11) is 2.99. The first-order valence-corrected chi connectivity index (χ1v) is 9.26. The van der Waals surface area contributed by atoms with Crippen LogP contribution in [0.3, 0.4) is 0 Å². The maximum Gasteiger partial charge on any atom is 0.331 e. The molecule has 3 unspecified atom stereocenters. The number of hydrogen-bond acceptors (Lipinski definition) is 4. The van der Waals surface area contributed by atoms with Gasteiger partial charge in [0.2, 0.25) is 5.91 Å². The van der Waals surface area contributed by atoms with Crippen LogP contribution < -0.4 is 10.1 Å². The van der Waals surface area contributed by atoms with Gasteiger partial charge in [-0.05, 0) is 62.1 Å². The van der Waals surface area contributed by atoms with E-state index in [1.165, 1.54) is 7.11 Å². The molecule has 1 amide bonds. The number of rotatable bonds is 5. The molecule has 144 valence electrons. The van der Waals surface area contributed by atoms with E-state index in [0.29, 0.717) is 30.4 Å². The van der Waals surface area contributed by atoms with E-state index < -0.39 is 5.54 Å². The third kappa shape index (κ3) is 4.19. The fraction of sp³-hybridized carbons (Fsp3) is 0.619. The lowest BCUT2D eigenvalue weighted by Gasteiger charge is -2.41. The molecule has 1 aliphatic carbocycles. The Morgan fingerprint density at radius 3 is 2.46 bits per heavy atom. The van der Waals surface area contributed by atoms with Gasteiger partial charge >= 0.3 is 5.97 Å². The van der Waals surface area contributed by atoms with E-state index in [-0.39, 0.29) is 18.3 Å². The quantitative estimate of drug-likeness (QED) is 0.817. The molecule has 5 heteroatoms. The summed E-state index contributed by atoms with van der Waals surface area (Å²) in [6, 6.07) is 3.96. The minimum absolute atomic E-state index is 0.178. The van der Waals surface area contributed by atoms with Crippen LogP contribution in [-0.4, -0.2) is 31.6 Å². The van der Waals surface area contributed by atoms with Crippen molar-refractivity contribution in [1.82, 2.24) is 5.32 Å². The lowest BCUT2D eigenvalue weighted by atomic mass is 9.71. The highest BCUT2D eigenvalue weighted by Gasteiger charge is 2.45. The first-order valence-electron chi connectivity index (χ1n) is 9.26. The highest BCUT2D eigenvalue weighted by atomic mass is 16.5. The van der Waals surface area contributed by atoms with Crippen molar-refractivity contribution < 1.29 is 19.1 Å². The number of methoxy groups -OCH3 is 2. The third-order valence-electron chi connectivity index (χ3n) is 5.76. The van der Waals surface area contributed by atoms with E-state index in [1.807, 2.05) is 26.0 Å². The molecule has 1 aliphatic rings. The van der Waals surface area contributed by atoms with Crippen molar-refractivity contribution >= 4 is 11.9 Å². The first kappa shape index (κ1) is 20.3. The zero-order chi connectivity index (χ0) is 19.5. The van der Waals surface area contributed by atoms with E-state index >= 15 is 0 Å². The molecule has 0 aliphatic heterocycles. The lowest BCUT2D eigenvalue weighted by molar-refractivity contribution is -0.154. The van der Waals surface area contributed by atoms with Crippen LogP contribution in [0.5, 0.6) is 5.75 Å². The Labute approximate surface area is 156 Å². The number of carbonyl (C=O) groups excluding carboxylic acids is 2. The summed E-state index contributed by atoms with van der Waals surface area (Å²) in [5.74, 6) is 1.05. The molecule has 1 aromatic rings. The summed E-state index contributed by atoms with van der Waals surface area (Å²) in [4.78, 5) is 25.3. The molecule has 0 heterocycles. The van der Waals surface area contributed by atoms with Gasteiger partial charge in [0, 0.05) is 5.56 Å². The molecule has 3 atom stereocenters. The van der Waals surface area contributed by atoms with Crippen LogP contribution in [-0.2, 0) is 20.7 Å². The van der Waals surface area contributed by atoms with Gasteiger partial charge in [-0.1, -0.05) is 19.9 Å². The van der Waals surface area contributed by atoms with E-state index in [0.717, 1.165) is 23.1 Å². The maximum absolute atomic E-state index is 12.8. The smallest absolute Gasteiger partial charge is 0.331 e. The zero-order valence-electron chi connectivity index (χ0n) is 16.8. The molecule has 0 saturated heterocycles. The van der Waals surface area contributed by atoms with Crippen LogP contribution in [0.25, 0.3) is 0 Å². The number of ether oxygens (including phenoxy) is 2. The van der Waals surface area contributed by atoms with Gasteiger partial charge in [0.1, 0.15) is 11.3 Å². The summed E-state index contributed by atoms with van der Waals surface area (Å²) >= 11 is 0. The van der Waals surface area contributed by atoms with Crippen LogP contribution in [0, 0.1) is 25.7 Å². The highest BCUT2D eigenvalue weighted by Crippen LogP contribution is 2.37. The molecule has 0 radical (unpaired) electrons. The zero-order valence-corrected chi connectivity index (χ0v) is 16.8. The van der Waals surface area contributed by atoms with Gasteiger partial charge in [-0.2, -0.15) is 0 Å². The second kappa shape index (κ2) is 8.11. The van der Waals surface area contributed by atoms with Crippen molar-refractivity contribution in [1.29, 1.82) is 0 Å². The summed E-state index contributed by atoms with van der Waals surface area (Å²) in [6.07, 6.45) is 2.29. The minimum Gasteiger partial charge on any atom is -0.496 e. The molecule has 0 spiro atoms. The number of carbonyl (C=O) groups is 2. The topological polar surface area (TPSA) is 64.6 Å². The van der Waals surface area contributed by atoms with Crippen molar-refractivity contribution in [2.24, 2.45) is 11.8 Å². The molecule has 1 N–H and O–H groups in total. The van der Waals surface area contributed by atoms with Crippen molar-refractivity contribution in [3.63, 3.8) is 0 Å². The number of nitrogens with one attached hydrogen (secondary N) is 1. The van der Waals surface area contributed by atoms with Gasteiger partial charge in [-0.15, -0.1) is 0 Å². The van der Waals surface area contributed by atoms with Gasteiger partial charge in [-0.25, -0.2) is 4.79 Å². The molecular formula is C21H31NO4. The largest absolute Gasteiger partial charge is 0.496 e. The number of benzene rings is 1. The van der Waals surface area contributed by atoms with Crippen molar-refractivity contribution in [2.75, 3.05) is 14.2 Å². The number of hydrogen-bond donors (Lipinski definition) is 1. The summed E-state index contributed by atoms with van der Waals surface area (Å²) in [5.41, 5.74) is 2.02. The van der Waals surface area contributed by atoms with E-state index in [1.54, 1.807) is 7.11 Å². The monoisotopic (exact) mass is 361 g/mol. The van der Waals surface area contributed by atoms with Crippen LogP contribution in [0.15, 0.2) is 12.1 Å². The predicted octanol–water partition coefficient (Wildman–Crippen LogP) is 3.34. The Morgan fingerprint density at radius 2 is 1.88 bits per heavy atom. The average molecular weight is 361 g/mol. The van der Waals surface area contributed by atoms with Crippen LogP contribution >= 0.6 is 0 Å². The van der Waals surface area contributed by atoms with Crippen molar-refractivity contribution in [3.8, 4) is 5.75 Å². The van der Waals surface area contributed by atoms with Gasteiger partial charge in [-0.3, -0.25) is 4.79 Å². The predicted molar refractivity (Wildman–Crippen MR) is 101 cm³/mol. The summed E-state index contributed by atoms with van der Waals surface area (Å²) in [6.45, 7) is 8.28. The second-order valence-electron chi connectivity index (χ2n) is 7.76. The molecule has 1 saturated carbocycles. The van der Waals surface area contributed by atoms with Gasteiger partial charge in [0.15, 0.2) is 0 Å². The lowest BCUT2D eigenvalue weighted by Crippen LogP contribution is -2.58. The maximum atomic E-state index is 12.8. The first-order chi connectivity index (χ1) is 12.2. The Kier molecular flexibility index (Phi) is 6.32. The van der Waals surface area contributed by atoms with E-state index in [4.69, 9.17) is 9.47 Å². The number of amides is 1. The van der Waals surface area contributed by atoms with Crippen molar-refractivity contribution in [3.05, 3.63) is 28.8 Å². The standard InChI is InChI=1S/C21H31NO4/c1-13-9-15(3)17(18(10-13)25-5)11-19(23)22-21(20(24)26-6)8-7-14(2)16(4)12-21/h9-10,14,16H,7-8,11-12H2,1-6H3,(H,22,23). The second-order valence-corrected chi connectivity index (χ2v) is 7.76. The molecule has 26 heavy (non-hydrogen) atoms. The molecule has 0 aromatic heterocycles. The molecule has 5 nitrogen and oxygen atoms in total. The molecule has 2 rings (SSSR count). The van der Waals surface area contributed by atoms with Gasteiger partial charge in [0.05, 0.1) is 20.6 Å². The molecule has 1 fully saturated rings. The highest BCUT2D eigenvalue weighted by molar-refractivity contribution is 5.89. The fourth-order valence-corrected chi connectivity index (χ4v) is 4.00. The normalized spacial score (nSPS) is 25.5. The van der Waals surface area contributed by atoms with Crippen LogP contribution in [0.4, 0.5) is 0 Å². The van der Waals surface area contributed by atoms with E-state index in [9.17, 15) is 9.59 Å². The summed E-state index contributed by atoms with van der Waals surface area (Å²) < 4.78 is 10.5. The van der Waals surface area contributed by atoms with Crippen LogP contribution in [0.2, 0.25) is 0 Å². The number of aryl methyl sites for hydroxylation is 2. The molecule has 0 bridgehead atoms. The van der Waals surface area contributed by atoms with Gasteiger partial charge in [0.25, 0.3) is 0 Å². The van der Waals surface area contributed by atoms with E-state index in [2.05, 4.69) is 19.2 Å². The fourth-order valence-electron chi connectivity index (χ4n) is 4.00. The SMILES string of the molecule is COC(=O)C1(NC(=O)Cc2c(C)cc(C)cc2OC)CCC(C)C(C)C1.